The van der Waals surface area contributed by atoms with Crippen molar-refractivity contribution in [3.63, 3.8) is 0 Å². The van der Waals surface area contributed by atoms with E-state index in [-0.39, 0.29) is 0 Å². The fourth-order valence-electron chi connectivity index (χ4n) is 2.29. The molecule has 0 aliphatic carbocycles. The van der Waals surface area contributed by atoms with Gasteiger partial charge in [0.1, 0.15) is 17.5 Å². The van der Waals surface area contributed by atoms with Crippen LogP contribution >= 0.6 is 0 Å². The van der Waals surface area contributed by atoms with E-state index in [9.17, 15) is 0 Å². The molecule has 1 aromatic rings. The smallest absolute Gasteiger partial charge is 0.145 e. The monoisotopic (exact) mass is 251 g/mol. The molecule has 0 amide bonds. The largest absolute Gasteiger partial charge is 0.384 e. The maximum absolute atomic E-state index is 5.44. The van der Waals surface area contributed by atoms with Gasteiger partial charge in [-0.05, 0) is 6.42 Å². The van der Waals surface area contributed by atoms with Crippen molar-refractivity contribution in [2.75, 3.05) is 37.1 Å². The number of nitrogens with one attached hydrogen (secondary N) is 1. The van der Waals surface area contributed by atoms with Crippen LogP contribution in [0.1, 0.15) is 19.2 Å². The van der Waals surface area contributed by atoms with E-state index in [0.29, 0.717) is 11.7 Å². The molecule has 1 aliphatic heterocycles. The summed E-state index contributed by atoms with van der Waals surface area (Å²) in [4.78, 5) is 11.1. The van der Waals surface area contributed by atoms with Crippen molar-refractivity contribution in [3.8, 4) is 0 Å². The van der Waals surface area contributed by atoms with E-state index in [2.05, 4.69) is 20.3 Å². The molecule has 6 nitrogen and oxygen atoms in total. The summed E-state index contributed by atoms with van der Waals surface area (Å²) >= 11 is 0. The van der Waals surface area contributed by atoms with Gasteiger partial charge in [-0.25, -0.2) is 15.8 Å². The molecule has 1 aliphatic rings. The predicted octanol–water partition coefficient (Wildman–Crippen LogP) is 0.797. The molecule has 2 rings (SSSR count). The molecule has 1 atom stereocenters. The zero-order valence-electron chi connectivity index (χ0n) is 11.0. The van der Waals surface area contributed by atoms with Crippen LogP contribution in [0, 0.1) is 5.92 Å². The maximum Gasteiger partial charge on any atom is 0.145 e. The van der Waals surface area contributed by atoms with Crippen molar-refractivity contribution < 1.29 is 4.74 Å². The Morgan fingerprint density at radius 3 is 3.06 bits per heavy atom. The quantitative estimate of drug-likeness (QED) is 0.595. The summed E-state index contributed by atoms with van der Waals surface area (Å²) in [6.07, 6.45) is 1.95. The second-order valence-corrected chi connectivity index (χ2v) is 4.58. The highest BCUT2D eigenvalue weighted by Gasteiger charge is 2.24. The molecule has 1 saturated heterocycles. The third kappa shape index (κ3) is 2.88. The van der Waals surface area contributed by atoms with Gasteiger partial charge in [0.05, 0.1) is 6.61 Å². The van der Waals surface area contributed by atoms with Gasteiger partial charge in [-0.1, -0.05) is 6.92 Å². The predicted molar refractivity (Wildman–Crippen MR) is 71.4 cm³/mol. The Hall–Kier alpha value is -1.40. The third-order valence-corrected chi connectivity index (χ3v) is 3.24. The normalized spacial score (nSPS) is 19.3. The lowest BCUT2D eigenvalue weighted by molar-refractivity contribution is 0.161. The number of ether oxygens (including phenoxy) is 1. The van der Waals surface area contributed by atoms with Gasteiger partial charge in [-0.3, -0.25) is 0 Å². The lowest BCUT2D eigenvalue weighted by Gasteiger charge is -2.18. The molecular formula is C12H21N5O. The summed E-state index contributed by atoms with van der Waals surface area (Å²) in [5.41, 5.74) is 2.60. The number of nitrogens with two attached hydrogens (primary N) is 1. The van der Waals surface area contributed by atoms with E-state index >= 15 is 0 Å². The number of nitrogens with zero attached hydrogens (tertiary/aromatic N) is 3. The van der Waals surface area contributed by atoms with Gasteiger partial charge >= 0.3 is 0 Å². The van der Waals surface area contributed by atoms with Gasteiger partial charge in [0.25, 0.3) is 0 Å². The molecular weight excluding hydrogens is 230 g/mol. The zero-order valence-corrected chi connectivity index (χ0v) is 11.0. The molecule has 0 spiro atoms. The summed E-state index contributed by atoms with van der Waals surface area (Å²) in [5.74, 6) is 8.47. The van der Waals surface area contributed by atoms with Crippen LogP contribution in [0.15, 0.2) is 6.07 Å². The van der Waals surface area contributed by atoms with E-state index < -0.39 is 0 Å². The van der Waals surface area contributed by atoms with Crippen LogP contribution in [0.5, 0.6) is 0 Å². The molecule has 3 N–H and O–H groups in total. The van der Waals surface area contributed by atoms with Gasteiger partial charge in [-0.15, -0.1) is 0 Å². The molecule has 0 saturated carbocycles. The summed E-state index contributed by atoms with van der Waals surface area (Å²) in [7, 11) is 1.75. The first-order valence-corrected chi connectivity index (χ1v) is 6.35. The van der Waals surface area contributed by atoms with Gasteiger partial charge in [0.15, 0.2) is 0 Å². The average Bonchev–Trinajstić information content (AvgIpc) is 2.87. The molecule has 0 radical (unpaired) electrons. The Balaban J connectivity index is 2.13. The molecule has 18 heavy (non-hydrogen) atoms. The number of aryl methyl sites for hydroxylation is 1. The Morgan fingerprint density at radius 2 is 2.39 bits per heavy atom. The van der Waals surface area contributed by atoms with Crippen LogP contribution in [-0.4, -0.2) is 36.8 Å². The first kappa shape index (κ1) is 13.0. The van der Waals surface area contributed by atoms with Gasteiger partial charge in [0.2, 0.25) is 0 Å². The molecule has 1 aromatic heterocycles. The molecule has 2 heterocycles. The Labute approximate surface area is 108 Å². The van der Waals surface area contributed by atoms with Gasteiger partial charge in [0, 0.05) is 38.6 Å². The van der Waals surface area contributed by atoms with Crippen molar-refractivity contribution in [1.82, 2.24) is 9.97 Å². The van der Waals surface area contributed by atoms with Crippen LogP contribution in [-0.2, 0) is 11.2 Å². The number of hydrogen-bond acceptors (Lipinski definition) is 6. The number of anilines is 2. The van der Waals surface area contributed by atoms with E-state index in [1.165, 1.54) is 0 Å². The van der Waals surface area contributed by atoms with Gasteiger partial charge < -0.3 is 15.1 Å². The zero-order chi connectivity index (χ0) is 13.0. The summed E-state index contributed by atoms with van der Waals surface area (Å²) < 4.78 is 5.21. The van der Waals surface area contributed by atoms with Crippen LogP contribution < -0.4 is 16.2 Å². The highest BCUT2D eigenvalue weighted by atomic mass is 16.5. The number of aromatic nitrogens is 2. The second kappa shape index (κ2) is 5.97. The van der Waals surface area contributed by atoms with Crippen LogP contribution in [0.25, 0.3) is 0 Å². The molecule has 1 fully saturated rings. The number of hydrogen-bond donors (Lipinski definition) is 2. The highest BCUT2D eigenvalue weighted by Crippen LogP contribution is 2.24. The minimum atomic E-state index is 0.587. The first-order valence-electron chi connectivity index (χ1n) is 6.35. The van der Waals surface area contributed by atoms with Crippen molar-refractivity contribution >= 4 is 11.6 Å². The average molecular weight is 251 g/mol. The van der Waals surface area contributed by atoms with Crippen molar-refractivity contribution in [3.05, 3.63) is 11.9 Å². The minimum absolute atomic E-state index is 0.587. The van der Waals surface area contributed by atoms with E-state index in [1.54, 1.807) is 7.11 Å². The number of hydrazine groups is 1. The first-order chi connectivity index (χ1) is 8.76. The topological polar surface area (TPSA) is 76.3 Å². The Morgan fingerprint density at radius 1 is 1.56 bits per heavy atom. The number of rotatable bonds is 5. The second-order valence-electron chi connectivity index (χ2n) is 4.58. The SMILES string of the molecule is CCc1nc(NN)cc(N2CCC(COC)C2)n1. The lowest BCUT2D eigenvalue weighted by atomic mass is 10.1. The van der Waals surface area contributed by atoms with Crippen LogP contribution in [0.2, 0.25) is 0 Å². The highest BCUT2D eigenvalue weighted by molar-refractivity contribution is 5.49. The molecule has 100 valence electrons. The summed E-state index contributed by atoms with van der Waals surface area (Å²) in [6, 6.07) is 1.90. The van der Waals surface area contributed by atoms with Crippen molar-refractivity contribution in [1.29, 1.82) is 0 Å². The van der Waals surface area contributed by atoms with E-state index in [4.69, 9.17) is 10.6 Å². The van der Waals surface area contributed by atoms with Gasteiger partial charge in [-0.2, -0.15) is 0 Å². The fraction of sp³-hybridized carbons (Fsp3) is 0.667. The molecule has 6 heteroatoms. The summed E-state index contributed by atoms with van der Waals surface area (Å²) in [5, 5.41) is 0. The number of methoxy groups -OCH3 is 1. The third-order valence-electron chi connectivity index (χ3n) is 3.24. The molecule has 0 aromatic carbocycles. The molecule has 1 unspecified atom stereocenters. The van der Waals surface area contributed by atoms with Crippen molar-refractivity contribution in [2.45, 2.75) is 19.8 Å². The fourth-order valence-corrected chi connectivity index (χ4v) is 2.29. The maximum atomic E-state index is 5.44. The van der Waals surface area contributed by atoms with E-state index in [0.717, 1.165) is 44.2 Å². The van der Waals surface area contributed by atoms with Crippen LogP contribution in [0.4, 0.5) is 11.6 Å². The van der Waals surface area contributed by atoms with E-state index in [1.807, 2.05) is 13.0 Å². The molecule has 0 bridgehead atoms. The lowest BCUT2D eigenvalue weighted by Crippen LogP contribution is -2.23. The standard InChI is InChI=1S/C12H21N5O/c1-3-10-14-11(16-13)6-12(15-10)17-5-4-9(7-17)8-18-2/h6,9H,3-5,7-8,13H2,1-2H3,(H,14,15,16). The Bertz CT molecular complexity index is 376. The van der Waals surface area contributed by atoms with Crippen LogP contribution in [0.3, 0.4) is 0 Å². The van der Waals surface area contributed by atoms with Crippen molar-refractivity contribution in [2.24, 2.45) is 11.8 Å². The minimum Gasteiger partial charge on any atom is -0.384 e. The number of nitrogen functional groups attached to an aromatic ring is 1. The Kier molecular flexibility index (Phi) is 4.33. The summed E-state index contributed by atoms with van der Waals surface area (Å²) in [6.45, 7) is 4.84.